The molecule has 0 amide bonds. The summed E-state index contributed by atoms with van der Waals surface area (Å²) in [7, 11) is 0.283. The second-order valence-corrected chi connectivity index (χ2v) is 16.3. The Labute approximate surface area is 212 Å². The second-order valence-electron chi connectivity index (χ2n) is 10.7. The van der Waals surface area contributed by atoms with Gasteiger partial charge < -0.3 is 33.5 Å². The van der Waals surface area contributed by atoms with Gasteiger partial charge >= 0.3 is 0 Å². The van der Waals surface area contributed by atoms with E-state index in [1.54, 1.807) is 19.9 Å². The van der Waals surface area contributed by atoms with E-state index in [0.29, 0.717) is 6.61 Å². The third-order valence-corrected chi connectivity index (χ3v) is 7.43. The van der Waals surface area contributed by atoms with Gasteiger partial charge in [0.2, 0.25) is 0 Å². The molecule has 0 aromatic heterocycles. The fourth-order valence-electron chi connectivity index (χ4n) is 3.66. The predicted molar refractivity (Wildman–Crippen MR) is 139 cm³/mol. The maximum atomic E-state index is 13.3. The highest BCUT2D eigenvalue weighted by Crippen LogP contribution is 2.34. The van der Waals surface area contributed by atoms with Crippen LogP contribution in [0.15, 0.2) is 24.8 Å². The maximum Gasteiger partial charge on any atom is 0.167 e. The summed E-state index contributed by atoms with van der Waals surface area (Å²) in [6.07, 6.45) is 2.17. The highest BCUT2D eigenvalue weighted by atomic mass is 28.3. The number of carbonyl (C=O) groups excluding carboxylic acids is 1. The van der Waals surface area contributed by atoms with Crippen LogP contribution in [0.4, 0.5) is 0 Å². The van der Waals surface area contributed by atoms with Crippen LogP contribution < -0.4 is 0 Å². The van der Waals surface area contributed by atoms with Crippen LogP contribution in [0.1, 0.15) is 40.5 Å². The van der Waals surface area contributed by atoms with Gasteiger partial charge in [0.15, 0.2) is 11.6 Å². The lowest BCUT2D eigenvalue weighted by molar-refractivity contribution is -0.181. The standard InChI is InChI=1S/C26H48O8Si/c1-10-12-13-22(31-17-29-6)24(32-18-30-14-15-35(7,8)9)20(27)16-21(28)25-23(19(3)11-2)33-26(4,5)34-25/h11-13,19-20,22-25,27H,2,10,14-18H2,1,3-9H3/b13-12+/t19-,20-,22-,23-,24-,25-/m1/s1. The zero-order valence-electron chi connectivity index (χ0n) is 23.0. The second kappa shape index (κ2) is 15.4. The molecule has 0 saturated carbocycles. The molecule has 1 rings (SSSR count). The largest absolute Gasteiger partial charge is 0.390 e. The van der Waals surface area contributed by atoms with Gasteiger partial charge in [0, 0.05) is 34.1 Å². The normalized spacial score (nSPS) is 23.8. The number of ether oxygens (including phenoxy) is 6. The number of hydrogen-bond acceptors (Lipinski definition) is 8. The SMILES string of the molecule is C=C[C@@H](C)[C@H]1OC(C)(C)O[C@@H]1C(=O)C[C@@H](O)[C@@H](OCOCC[Si](C)(C)C)[C@@H](/C=C/CC)OCOC. The van der Waals surface area contributed by atoms with Gasteiger partial charge in [-0.3, -0.25) is 4.79 Å². The number of allylic oxidation sites excluding steroid dienone is 1. The number of hydrogen-bond donors (Lipinski definition) is 1. The Morgan fingerprint density at radius 3 is 2.46 bits per heavy atom. The molecule has 1 aliphatic heterocycles. The molecule has 0 radical (unpaired) electrons. The van der Waals surface area contributed by atoms with E-state index in [9.17, 15) is 9.90 Å². The Morgan fingerprint density at radius 2 is 1.89 bits per heavy atom. The number of aliphatic hydroxyl groups is 1. The number of Topliss-reactive ketones (excluding diaryl/α,β-unsaturated/α-hetero) is 1. The minimum absolute atomic E-state index is 0.0145. The average molecular weight is 517 g/mol. The molecular weight excluding hydrogens is 468 g/mol. The van der Waals surface area contributed by atoms with E-state index >= 15 is 0 Å². The van der Waals surface area contributed by atoms with Crippen molar-refractivity contribution >= 4 is 13.9 Å². The van der Waals surface area contributed by atoms with Crippen molar-refractivity contribution in [1.82, 2.24) is 0 Å². The van der Waals surface area contributed by atoms with Crippen LogP contribution in [0.2, 0.25) is 25.7 Å². The van der Waals surface area contributed by atoms with Crippen molar-refractivity contribution < 1.29 is 38.3 Å². The zero-order chi connectivity index (χ0) is 26.6. The van der Waals surface area contributed by atoms with E-state index in [2.05, 4.69) is 26.2 Å². The molecule has 1 fully saturated rings. The van der Waals surface area contributed by atoms with Gasteiger partial charge in [0.25, 0.3) is 0 Å². The van der Waals surface area contributed by atoms with Crippen LogP contribution in [0.3, 0.4) is 0 Å². The average Bonchev–Trinajstić information content (AvgIpc) is 3.11. The monoisotopic (exact) mass is 516 g/mol. The van der Waals surface area contributed by atoms with E-state index in [0.717, 1.165) is 12.5 Å². The highest BCUT2D eigenvalue weighted by Gasteiger charge is 2.47. The summed E-state index contributed by atoms with van der Waals surface area (Å²) in [5.74, 6) is -1.26. The number of methoxy groups -OCH3 is 1. The van der Waals surface area contributed by atoms with E-state index < -0.39 is 44.4 Å². The van der Waals surface area contributed by atoms with Crippen LogP contribution in [0.25, 0.3) is 0 Å². The molecule has 0 aliphatic carbocycles. The van der Waals surface area contributed by atoms with Gasteiger partial charge in [0.05, 0.1) is 6.10 Å². The van der Waals surface area contributed by atoms with Crippen LogP contribution in [0.5, 0.6) is 0 Å². The summed E-state index contributed by atoms with van der Waals surface area (Å²) < 4.78 is 34.3. The van der Waals surface area contributed by atoms with E-state index in [1.165, 1.54) is 7.11 Å². The van der Waals surface area contributed by atoms with E-state index in [4.69, 9.17) is 28.4 Å². The Kier molecular flexibility index (Phi) is 14.1. The molecule has 8 nitrogen and oxygen atoms in total. The smallest absolute Gasteiger partial charge is 0.167 e. The third kappa shape index (κ3) is 11.8. The van der Waals surface area contributed by atoms with Crippen LogP contribution in [-0.2, 0) is 33.2 Å². The minimum Gasteiger partial charge on any atom is -0.390 e. The van der Waals surface area contributed by atoms with Crippen molar-refractivity contribution in [3.8, 4) is 0 Å². The topological polar surface area (TPSA) is 92.7 Å². The first-order valence-corrected chi connectivity index (χ1v) is 16.2. The summed E-state index contributed by atoms with van der Waals surface area (Å²) in [6.45, 7) is 18.7. The van der Waals surface area contributed by atoms with Crippen LogP contribution >= 0.6 is 0 Å². The summed E-state index contributed by atoms with van der Waals surface area (Å²) >= 11 is 0. The molecule has 1 saturated heterocycles. The van der Waals surface area contributed by atoms with Gasteiger partial charge in [-0.2, -0.15) is 0 Å². The van der Waals surface area contributed by atoms with E-state index in [1.807, 2.05) is 26.0 Å². The predicted octanol–water partition coefficient (Wildman–Crippen LogP) is 4.30. The number of aliphatic hydroxyl groups excluding tert-OH is 1. The quantitative estimate of drug-likeness (QED) is 0.125. The molecule has 1 aliphatic rings. The lowest BCUT2D eigenvalue weighted by Crippen LogP contribution is -2.45. The fraction of sp³-hybridized carbons (Fsp3) is 0.808. The van der Waals surface area contributed by atoms with Gasteiger partial charge in [0.1, 0.15) is 38.0 Å². The molecule has 0 aromatic carbocycles. The van der Waals surface area contributed by atoms with Crippen molar-refractivity contribution in [3.05, 3.63) is 24.8 Å². The lowest BCUT2D eigenvalue weighted by Gasteiger charge is -2.30. The molecule has 0 aromatic rings. The first kappa shape index (κ1) is 32.1. The van der Waals surface area contributed by atoms with Crippen molar-refractivity contribution in [2.45, 2.75) is 103 Å². The Bertz CT molecular complexity index is 660. The molecule has 204 valence electrons. The van der Waals surface area contributed by atoms with Crippen LogP contribution in [-0.4, -0.2) is 82.6 Å². The van der Waals surface area contributed by atoms with Gasteiger partial charge in [-0.05, 0) is 26.3 Å². The highest BCUT2D eigenvalue weighted by molar-refractivity contribution is 6.76. The van der Waals surface area contributed by atoms with Crippen LogP contribution in [0, 0.1) is 5.92 Å². The number of carbonyl (C=O) groups is 1. The van der Waals surface area contributed by atoms with Crippen molar-refractivity contribution in [2.24, 2.45) is 5.92 Å². The fourth-order valence-corrected chi connectivity index (χ4v) is 4.42. The molecule has 0 spiro atoms. The molecule has 6 atom stereocenters. The zero-order valence-corrected chi connectivity index (χ0v) is 24.0. The molecule has 0 unspecified atom stereocenters. The maximum absolute atomic E-state index is 13.3. The number of ketones is 1. The lowest BCUT2D eigenvalue weighted by atomic mass is 9.93. The van der Waals surface area contributed by atoms with Crippen molar-refractivity contribution in [2.75, 3.05) is 27.3 Å². The molecular formula is C26H48O8Si. The van der Waals surface area contributed by atoms with E-state index in [-0.39, 0.29) is 31.7 Å². The molecule has 9 heteroatoms. The Morgan fingerprint density at radius 1 is 1.20 bits per heavy atom. The minimum atomic E-state index is -1.24. The van der Waals surface area contributed by atoms with Gasteiger partial charge in [-0.1, -0.05) is 51.7 Å². The summed E-state index contributed by atoms with van der Waals surface area (Å²) in [4.78, 5) is 13.3. The molecule has 1 N–H and O–H groups in total. The Hall–Kier alpha value is -0.913. The molecule has 1 heterocycles. The summed E-state index contributed by atoms with van der Waals surface area (Å²) in [5.41, 5.74) is 0. The number of rotatable bonds is 18. The summed E-state index contributed by atoms with van der Waals surface area (Å²) in [5, 5.41) is 11.1. The molecule has 35 heavy (non-hydrogen) atoms. The first-order valence-electron chi connectivity index (χ1n) is 12.5. The van der Waals surface area contributed by atoms with Gasteiger partial charge in [-0.25, -0.2) is 0 Å². The Balaban J connectivity index is 2.96. The van der Waals surface area contributed by atoms with Crippen molar-refractivity contribution in [1.29, 1.82) is 0 Å². The summed E-state index contributed by atoms with van der Waals surface area (Å²) in [6, 6.07) is 0.999. The van der Waals surface area contributed by atoms with Crippen molar-refractivity contribution in [3.63, 3.8) is 0 Å². The first-order chi connectivity index (χ1) is 16.3. The third-order valence-electron chi connectivity index (χ3n) is 5.73. The molecule has 0 bridgehead atoms. The van der Waals surface area contributed by atoms with Gasteiger partial charge in [-0.15, -0.1) is 6.58 Å².